The molecule has 16 heavy (non-hydrogen) atoms. The van der Waals surface area contributed by atoms with Crippen LogP contribution in [0.4, 0.5) is 0 Å². The summed E-state index contributed by atoms with van der Waals surface area (Å²) in [5.74, 6) is 3.67. The molecule has 2 nitrogen and oxygen atoms in total. The highest BCUT2D eigenvalue weighted by Crippen LogP contribution is 2.26. The van der Waals surface area contributed by atoms with E-state index >= 15 is 0 Å². The summed E-state index contributed by atoms with van der Waals surface area (Å²) in [7, 11) is 0. The highest BCUT2D eigenvalue weighted by Gasteiger charge is 2.22. The summed E-state index contributed by atoms with van der Waals surface area (Å²) in [5.41, 5.74) is 0. The summed E-state index contributed by atoms with van der Waals surface area (Å²) in [6, 6.07) is 0. The molecule has 0 radical (unpaired) electrons. The van der Waals surface area contributed by atoms with Crippen molar-refractivity contribution in [1.29, 1.82) is 0 Å². The lowest BCUT2D eigenvalue weighted by molar-refractivity contribution is 0.237. The van der Waals surface area contributed by atoms with Gasteiger partial charge in [0.1, 0.15) is 0 Å². The van der Waals surface area contributed by atoms with Gasteiger partial charge in [0.15, 0.2) is 0 Å². The molecule has 0 aromatic heterocycles. The van der Waals surface area contributed by atoms with Gasteiger partial charge in [-0.3, -0.25) is 0 Å². The van der Waals surface area contributed by atoms with Gasteiger partial charge in [0.05, 0.1) is 0 Å². The zero-order chi connectivity index (χ0) is 11.4. The van der Waals surface area contributed by atoms with E-state index in [1.807, 2.05) is 0 Å². The minimum atomic E-state index is 0.891. The highest BCUT2D eigenvalue weighted by atomic mass is 14.9. The van der Waals surface area contributed by atoms with E-state index in [0.717, 1.165) is 23.7 Å². The number of hydrogen-bond donors (Lipinski definition) is 2. The monoisotopic (exact) mass is 224 g/mol. The van der Waals surface area contributed by atoms with Gasteiger partial charge in [-0.1, -0.05) is 13.8 Å². The molecule has 2 aliphatic rings. The fourth-order valence-corrected chi connectivity index (χ4v) is 3.45. The van der Waals surface area contributed by atoms with Crippen LogP contribution in [0.5, 0.6) is 0 Å². The summed E-state index contributed by atoms with van der Waals surface area (Å²) in [5, 5.41) is 7.13. The van der Waals surface area contributed by atoms with Gasteiger partial charge in [-0.2, -0.15) is 0 Å². The van der Waals surface area contributed by atoms with Crippen molar-refractivity contribution in [1.82, 2.24) is 10.6 Å². The molecule has 0 aliphatic carbocycles. The maximum Gasteiger partial charge on any atom is -0.00203 e. The van der Waals surface area contributed by atoms with Crippen LogP contribution in [0.15, 0.2) is 0 Å². The molecule has 0 spiro atoms. The van der Waals surface area contributed by atoms with Crippen LogP contribution in [0.2, 0.25) is 0 Å². The molecule has 0 unspecified atom stereocenters. The van der Waals surface area contributed by atoms with Crippen LogP contribution < -0.4 is 10.6 Å². The van der Waals surface area contributed by atoms with Gasteiger partial charge in [-0.05, 0) is 75.5 Å². The van der Waals surface area contributed by atoms with Gasteiger partial charge >= 0.3 is 0 Å². The number of nitrogens with one attached hydrogen (secondary N) is 2. The molecule has 94 valence electrons. The average Bonchev–Trinajstić information content (AvgIpc) is 2.27. The predicted molar refractivity (Wildman–Crippen MR) is 69.5 cm³/mol. The normalized spacial score (nSPS) is 40.9. The summed E-state index contributed by atoms with van der Waals surface area (Å²) in [6.07, 6.45) is 5.78. The van der Waals surface area contributed by atoms with E-state index in [4.69, 9.17) is 0 Å². The Morgan fingerprint density at radius 1 is 0.750 bits per heavy atom. The van der Waals surface area contributed by atoms with Crippen molar-refractivity contribution < 1.29 is 0 Å². The molecule has 0 aromatic carbocycles. The Morgan fingerprint density at radius 3 is 1.56 bits per heavy atom. The van der Waals surface area contributed by atoms with E-state index in [1.54, 1.807) is 0 Å². The third kappa shape index (κ3) is 3.74. The molecular weight excluding hydrogens is 196 g/mol. The van der Waals surface area contributed by atoms with Crippen molar-refractivity contribution in [3.8, 4) is 0 Å². The zero-order valence-corrected chi connectivity index (χ0v) is 11.0. The Morgan fingerprint density at radius 2 is 1.19 bits per heavy atom. The van der Waals surface area contributed by atoms with E-state index in [1.165, 1.54) is 51.9 Å². The standard InChI is InChI=1S/C14H28N2/c1-11-5-13(9-15-7-11)3-4-14-6-12(2)8-16-10-14/h11-16H,3-10H2,1-2H3/t11-,12-,13-,14+/m0/s1. The Hall–Kier alpha value is -0.0800. The number of piperidine rings is 2. The Labute approximate surface area is 101 Å². The number of hydrogen-bond acceptors (Lipinski definition) is 2. The van der Waals surface area contributed by atoms with Crippen LogP contribution in [-0.2, 0) is 0 Å². The number of rotatable bonds is 3. The van der Waals surface area contributed by atoms with E-state index in [2.05, 4.69) is 24.5 Å². The van der Waals surface area contributed by atoms with Crippen LogP contribution in [0.25, 0.3) is 0 Å². The molecule has 0 aromatic rings. The maximum atomic E-state index is 3.57. The average molecular weight is 224 g/mol. The fourth-order valence-electron chi connectivity index (χ4n) is 3.45. The van der Waals surface area contributed by atoms with E-state index in [-0.39, 0.29) is 0 Å². The molecule has 2 aliphatic heterocycles. The first kappa shape index (κ1) is 12.4. The second-order valence-corrected chi connectivity index (χ2v) is 6.31. The largest absolute Gasteiger partial charge is 0.316 e. The predicted octanol–water partition coefficient (Wildman–Crippen LogP) is 2.26. The van der Waals surface area contributed by atoms with Crippen LogP contribution in [-0.4, -0.2) is 26.2 Å². The van der Waals surface area contributed by atoms with Gasteiger partial charge in [0, 0.05) is 0 Å². The minimum Gasteiger partial charge on any atom is -0.316 e. The molecule has 2 heteroatoms. The molecule has 2 rings (SSSR count). The lowest BCUT2D eigenvalue weighted by atomic mass is 9.83. The van der Waals surface area contributed by atoms with Crippen LogP contribution in [0.1, 0.15) is 39.5 Å². The smallest absolute Gasteiger partial charge is 0.00203 e. The van der Waals surface area contributed by atoms with Crippen LogP contribution in [0, 0.1) is 23.7 Å². The molecule has 4 atom stereocenters. The van der Waals surface area contributed by atoms with Gasteiger partial charge in [0.25, 0.3) is 0 Å². The SMILES string of the molecule is C[C@@H]1CNC[C@@H](CC[C@H]2CNC[C@@H](C)C2)C1. The highest BCUT2D eigenvalue weighted by molar-refractivity contribution is 4.78. The molecule has 2 heterocycles. The van der Waals surface area contributed by atoms with Crippen molar-refractivity contribution in [2.75, 3.05) is 26.2 Å². The molecule has 0 amide bonds. The molecule has 0 saturated carbocycles. The van der Waals surface area contributed by atoms with Gasteiger partial charge in [-0.15, -0.1) is 0 Å². The van der Waals surface area contributed by atoms with Crippen molar-refractivity contribution in [3.63, 3.8) is 0 Å². The van der Waals surface area contributed by atoms with Crippen molar-refractivity contribution in [2.45, 2.75) is 39.5 Å². The molecule has 0 bridgehead atoms. The quantitative estimate of drug-likeness (QED) is 0.768. The van der Waals surface area contributed by atoms with Crippen molar-refractivity contribution in [3.05, 3.63) is 0 Å². The first-order valence-corrected chi connectivity index (χ1v) is 7.15. The van der Waals surface area contributed by atoms with E-state index in [9.17, 15) is 0 Å². The van der Waals surface area contributed by atoms with Crippen molar-refractivity contribution in [2.24, 2.45) is 23.7 Å². The summed E-state index contributed by atoms with van der Waals surface area (Å²) in [4.78, 5) is 0. The lowest BCUT2D eigenvalue weighted by Gasteiger charge is -2.31. The van der Waals surface area contributed by atoms with E-state index in [0.29, 0.717) is 0 Å². The van der Waals surface area contributed by atoms with Crippen molar-refractivity contribution >= 4 is 0 Å². The Bertz CT molecular complexity index is 183. The Kier molecular flexibility index (Phi) is 4.66. The first-order chi connectivity index (χ1) is 7.74. The summed E-state index contributed by atoms with van der Waals surface area (Å²) < 4.78 is 0. The molecular formula is C14H28N2. The van der Waals surface area contributed by atoms with Gasteiger partial charge < -0.3 is 10.6 Å². The topological polar surface area (TPSA) is 24.1 Å². The fraction of sp³-hybridized carbons (Fsp3) is 1.00. The van der Waals surface area contributed by atoms with Crippen LogP contribution >= 0.6 is 0 Å². The zero-order valence-electron chi connectivity index (χ0n) is 11.0. The first-order valence-electron chi connectivity index (χ1n) is 7.15. The lowest BCUT2D eigenvalue weighted by Crippen LogP contribution is -2.37. The second kappa shape index (κ2) is 6.02. The third-order valence-corrected chi connectivity index (χ3v) is 4.31. The Balaban J connectivity index is 1.66. The summed E-state index contributed by atoms with van der Waals surface area (Å²) >= 11 is 0. The molecule has 2 saturated heterocycles. The third-order valence-electron chi connectivity index (χ3n) is 4.31. The molecule has 2 N–H and O–H groups in total. The second-order valence-electron chi connectivity index (χ2n) is 6.31. The van der Waals surface area contributed by atoms with E-state index < -0.39 is 0 Å². The van der Waals surface area contributed by atoms with Gasteiger partial charge in [-0.25, -0.2) is 0 Å². The van der Waals surface area contributed by atoms with Gasteiger partial charge in [0.2, 0.25) is 0 Å². The van der Waals surface area contributed by atoms with Crippen LogP contribution in [0.3, 0.4) is 0 Å². The minimum absolute atomic E-state index is 0.891. The summed E-state index contributed by atoms with van der Waals surface area (Å²) in [6.45, 7) is 9.75. The maximum absolute atomic E-state index is 3.57. The molecule has 2 fully saturated rings.